The lowest BCUT2D eigenvalue weighted by molar-refractivity contribution is 0.0935. The Morgan fingerprint density at radius 3 is 2.82 bits per heavy atom. The minimum Gasteiger partial charge on any atom is -0.497 e. The van der Waals surface area contributed by atoms with Crippen molar-refractivity contribution >= 4 is 27.5 Å². The highest BCUT2D eigenvalue weighted by atomic mass is 79.9. The molecule has 1 aromatic carbocycles. The van der Waals surface area contributed by atoms with E-state index >= 15 is 0 Å². The van der Waals surface area contributed by atoms with Crippen molar-refractivity contribution in [1.29, 1.82) is 0 Å². The maximum atomic E-state index is 6.26. The van der Waals surface area contributed by atoms with E-state index in [2.05, 4.69) is 22.9 Å². The van der Waals surface area contributed by atoms with Crippen LogP contribution in [0, 0.1) is 5.92 Å². The second-order valence-corrected chi connectivity index (χ2v) is 5.78. The van der Waals surface area contributed by atoms with Crippen LogP contribution in [0.4, 0.5) is 0 Å². The number of methoxy groups -OCH3 is 1. The summed E-state index contributed by atoms with van der Waals surface area (Å²) in [5.41, 5.74) is 1.06. The lowest BCUT2D eigenvalue weighted by Gasteiger charge is -2.22. The smallest absolute Gasteiger partial charge is 0.120 e. The highest BCUT2D eigenvalue weighted by Crippen LogP contribution is 2.40. The molecular weight excluding hydrogens is 303 g/mol. The molecular formula is C13H16BrClO2. The molecule has 1 heterocycles. The molecule has 3 atom stereocenters. The summed E-state index contributed by atoms with van der Waals surface area (Å²) in [6.07, 6.45) is 1.31. The molecule has 1 aliphatic heterocycles. The zero-order valence-electron chi connectivity index (χ0n) is 9.95. The van der Waals surface area contributed by atoms with Crippen LogP contribution in [0.15, 0.2) is 18.2 Å². The molecule has 0 aliphatic carbocycles. The van der Waals surface area contributed by atoms with Gasteiger partial charge in [0.25, 0.3) is 0 Å². The van der Waals surface area contributed by atoms with Crippen LogP contribution in [0.1, 0.15) is 23.7 Å². The molecule has 0 aromatic heterocycles. The third kappa shape index (κ3) is 2.78. The summed E-state index contributed by atoms with van der Waals surface area (Å²) in [5, 5.41) is 0.717. The summed E-state index contributed by atoms with van der Waals surface area (Å²) in [6.45, 7) is 3.05. The Morgan fingerprint density at radius 2 is 2.29 bits per heavy atom. The molecule has 1 aliphatic rings. The van der Waals surface area contributed by atoms with Crippen LogP contribution in [-0.2, 0) is 4.74 Å². The van der Waals surface area contributed by atoms with E-state index in [1.165, 1.54) is 0 Å². The van der Waals surface area contributed by atoms with Crippen molar-refractivity contribution in [1.82, 2.24) is 0 Å². The normalized spacial score (nSPS) is 25.9. The average Bonchev–Trinajstić information content (AvgIpc) is 2.74. The zero-order valence-corrected chi connectivity index (χ0v) is 12.3. The fourth-order valence-corrected chi connectivity index (χ4v) is 3.62. The lowest BCUT2D eigenvalue weighted by Crippen LogP contribution is -2.19. The summed E-state index contributed by atoms with van der Waals surface area (Å²) >= 11 is 9.96. The van der Waals surface area contributed by atoms with Gasteiger partial charge in [-0.3, -0.25) is 0 Å². The Labute approximate surface area is 115 Å². The first-order valence-electron chi connectivity index (χ1n) is 5.72. The standard InChI is InChI=1S/C13H16BrClO2/c1-8-5-6-17-13(8)12(14)10-4-3-9(16-2)7-11(10)15/h3-4,7-8,12-13H,5-6H2,1-2H3. The second-order valence-electron chi connectivity index (χ2n) is 4.39. The third-order valence-electron chi connectivity index (χ3n) is 3.24. The molecule has 0 radical (unpaired) electrons. The molecule has 2 rings (SSSR count). The minimum absolute atomic E-state index is 0.137. The minimum atomic E-state index is 0.137. The quantitative estimate of drug-likeness (QED) is 0.777. The van der Waals surface area contributed by atoms with Crippen LogP contribution < -0.4 is 4.74 Å². The van der Waals surface area contributed by atoms with Crippen LogP contribution in [0.3, 0.4) is 0 Å². The van der Waals surface area contributed by atoms with E-state index in [1.807, 2.05) is 18.2 Å². The van der Waals surface area contributed by atoms with Crippen LogP contribution in [0.2, 0.25) is 5.02 Å². The Kier molecular flexibility index (Phi) is 4.34. The summed E-state index contributed by atoms with van der Waals surface area (Å²) in [6, 6.07) is 5.76. The van der Waals surface area contributed by atoms with Gasteiger partial charge in [0.1, 0.15) is 5.75 Å². The molecule has 94 valence electrons. The van der Waals surface area contributed by atoms with E-state index in [4.69, 9.17) is 21.1 Å². The van der Waals surface area contributed by atoms with Gasteiger partial charge in [-0.1, -0.05) is 40.5 Å². The fourth-order valence-electron chi connectivity index (χ4n) is 2.13. The molecule has 17 heavy (non-hydrogen) atoms. The van der Waals surface area contributed by atoms with Gasteiger partial charge in [-0.25, -0.2) is 0 Å². The summed E-state index contributed by atoms with van der Waals surface area (Å²) in [4.78, 5) is 0.137. The SMILES string of the molecule is COc1ccc(C(Br)C2OCCC2C)c(Cl)c1. The Morgan fingerprint density at radius 1 is 1.53 bits per heavy atom. The van der Waals surface area contributed by atoms with E-state index in [0.717, 1.165) is 24.3 Å². The predicted octanol–water partition coefficient (Wildman–Crippen LogP) is 4.21. The first-order chi connectivity index (χ1) is 8.13. The van der Waals surface area contributed by atoms with Crippen LogP contribution in [0.5, 0.6) is 5.75 Å². The maximum absolute atomic E-state index is 6.26. The van der Waals surface area contributed by atoms with Gasteiger partial charge >= 0.3 is 0 Å². The number of ether oxygens (including phenoxy) is 2. The molecule has 1 fully saturated rings. The number of benzene rings is 1. The van der Waals surface area contributed by atoms with Crippen molar-refractivity contribution in [3.8, 4) is 5.75 Å². The third-order valence-corrected chi connectivity index (χ3v) is 4.58. The second kappa shape index (κ2) is 5.59. The Balaban J connectivity index is 2.21. The van der Waals surface area contributed by atoms with Crippen molar-refractivity contribution in [2.75, 3.05) is 13.7 Å². The average molecular weight is 320 g/mol. The van der Waals surface area contributed by atoms with Crippen molar-refractivity contribution in [3.05, 3.63) is 28.8 Å². The van der Waals surface area contributed by atoms with Crippen molar-refractivity contribution in [3.63, 3.8) is 0 Å². The molecule has 0 saturated carbocycles. The van der Waals surface area contributed by atoms with Gasteiger partial charge in [0.05, 0.1) is 18.0 Å². The molecule has 0 amide bonds. The van der Waals surface area contributed by atoms with Gasteiger partial charge in [-0.05, 0) is 30.0 Å². The first kappa shape index (κ1) is 13.2. The number of hydrogen-bond donors (Lipinski definition) is 0. The van der Waals surface area contributed by atoms with Crippen molar-refractivity contribution in [2.24, 2.45) is 5.92 Å². The monoisotopic (exact) mass is 318 g/mol. The van der Waals surface area contributed by atoms with E-state index in [9.17, 15) is 0 Å². The van der Waals surface area contributed by atoms with Gasteiger partial charge in [0.2, 0.25) is 0 Å². The van der Waals surface area contributed by atoms with E-state index in [-0.39, 0.29) is 10.9 Å². The topological polar surface area (TPSA) is 18.5 Å². The first-order valence-corrected chi connectivity index (χ1v) is 7.02. The molecule has 2 nitrogen and oxygen atoms in total. The Hall–Kier alpha value is -0.250. The molecule has 1 saturated heterocycles. The number of halogens is 2. The van der Waals surface area contributed by atoms with E-state index in [1.54, 1.807) is 7.11 Å². The molecule has 0 bridgehead atoms. The van der Waals surface area contributed by atoms with E-state index in [0.29, 0.717) is 10.9 Å². The number of rotatable bonds is 3. The fraction of sp³-hybridized carbons (Fsp3) is 0.538. The Bertz CT molecular complexity index is 397. The zero-order chi connectivity index (χ0) is 12.4. The molecule has 4 heteroatoms. The van der Waals surface area contributed by atoms with Gasteiger partial charge in [0, 0.05) is 11.6 Å². The van der Waals surface area contributed by atoms with E-state index < -0.39 is 0 Å². The van der Waals surface area contributed by atoms with Gasteiger partial charge in [-0.15, -0.1) is 0 Å². The van der Waals surface area contributed by atoms with Crippen LogP contribution in [-0.4, -0.2) is 19.8 Å². The van der Waals surface area contributed by atoms with Crippen LogP contribution in [0.25, 0.3) is 0 Å². The van der Waals surface area contributed by atoms with Gasteiger partial charge in [-0.2, -0.15) is 0 Å². The highest BCUT2D eigenvalue weighted by Gasteiger charge is 2.32. The molecule has 1 aromatic rings. The summed E-state index contributed by atoms with van der Waals surface area (Å²) in [7, 11) is 1.64. The molecule has 3 unspecified atom stereocenters. The summed E-state index contributed by atoms with van der Waals surface area (Å²) < 4.78 is 10.9. The van der Waals surface area contributed by atoms with Crippen molar-refractivity contribution < 1.29 is 9.47 Å². The lowest BCUT2D eigenvalue weighted by atomic mass is 9.97. The largest absolute Gasteiger partial charge is 0.497 e. The van der Waals surface area contributed by atoms with Crippen molar-refractivity contribution in [2.45, 2.75) is 24.3 Å². The number of hydrogen-bond acceptors (Lipinski definition) is 2. The predicted molar refractivity (Wildman–Crippen MR) is 73.2 cm³/mol. The van der Waals surface area contributed by atoms with Gasteiger partial charge < -0.3 is 9.47 Å². The maximum Gasteiger partial charge on any atom is 0.120 e. The number of alkyl halides is 1. The van der Waals surface area contributed by atoms with Gasteiger partial charge in [0.15, 0.2) is 0 Å². The molecule has 0 spiro atoms. The molecule has 0 N–H and O–H groups in total. The van der Waals surface area contributed by atoms with Crippen LogP contribution >= 0.6 is 27.5 Å². The summed E-state index contributed by atoms with van der Waals surface area (Å²) in [5.74, 6) is 1.33. The highest BCUT2D eigenvalue weighted by molar-refractivity contribution is 9.09.